The zero-order valence-electron chi connectivity index (χ0n) is 17.7. The SMILES string of the molecule is CCN(CC)C(=O)Oc1ccc2c(ccn2Cc2ccc(Cl)cc2)c1NC(=O)C(C)Cl. The van der Waals surface area contributed by atoms with Crippen LogP contribution in [0.15, 0.2) is 48.7 Å². The van der Waals surface area contributed by atoms with Crippen LogP contribution in [0.3, 0.4) is 0 Å². The molecule has 0 spiro atoms. The summed E-state index contributed by atoms with van der Waals surface area (Å²) in [5.41, 5.74) is 2.39. The number of amides is 2. The smallest absolute Gasteiger partial charge is 0.408 e. The van der Waals surface area contributed by atoms with Gasteiger partial charge in [0.25, 0.3) is 0 Å². The van der Waals surface area contributed by atoms with Gasteiger partial charge in [0.1, 0.15) is 5.38 Å². The highest BCUT2D eigenvalue weighted by Crippen LogP contribution is 2.35. The molecule has 0 saturated carbocycles. The Morgan fingerprint density at radius 3 is 2.39 bits per heavy atom. The van der Waals surface area contributed by atoms with Gasteiger partial charge in [-0.15, -0.1) is 11.6 Å². The Labute approximate surface area is 191 Å². The molecule has 2 aromatic carbocycles. The first-order valence-corrected chi connectivity index (χ1v) is 10.9. The summed E-state index contributed by atoms with van der Waals surface area (Å²) in [5, 5.41) is 3.52. The Hall–Kier alpha value is -2.70. The van der Waals surface area contributed by atoms with Gasteiger partial charge < -0.3 is 19.5 Å². The van der Waals surface area contributed by atoms with E-state index in [-0.39, 0.29) is 11.7 Å². The molecule has 0 aliphatic heterocycles. The van der Waals surface area contributed by atoms with Crippen LogP contribution in [-0.4, -0.2) is 39.9 Å². The van der Waals surface area contributed by atoms with Gasteiger partial charge in [0.05, 0.1) is 11.2 Å². The standard InChI is InChI=1S/C23H25Cl2N3O3/c1-4-27(5-2)23(30)31-20-11-10-19-18(21(20)26-22(29)15(3)24)12-13-28(19)14-16-6-8-17(25)9-7-16/h6-13,15H,4-5,14H2,1-3H3,(H,26,29). The van der Waals surface area contributed by atoms with Crippen molar-refractivity contribution in [1.82, 2.24) is 9.47 Å². The average molecular weight is 462 g/mol. The number of alkyl halides is 1. The second-order valence-electron chi connectivity index (χ2n) is 7.09. The number of carbonyl (C=O) groups excluding carboxylic acids is 2. The van der Waals surface area contributed by atoms with Crippen molar-refractivity contribution in [2.24, 2.45) is 0 Å². The number of ether oxygens (including phenoxy) is 1. The second-order valence-corrected chi connectivity index (χ2v) is 8.18. The first-order valence-electron chi connectivity index (χ1n) is 10.1. The Kier molecular flexibility index (Phi) is 7.46. The number of hydrogen-bond donors (Lipinski definition) is 1. The van der Waals surface area contributed by atoms with Crippen molar-refractivity contribution >= 4 is 51.8 Å². The van der Waals surface area contributed by atoms with Crippen LogP contribution in [0, 0.1) is 0 Å². The van der Waals surface area contributed by atoms with Gasteiger partial charge >= 0.3 is 6.09 Å². The lowest BCUT2D eigenvalue weighted by atomic mass is 10.2. The Bertz CT molecular complexity index is 1070. The topological polar surface area (TPSA) is 63.6 Å². The molecule has 0 radical (unpaired) electrons. The summed E-state index contributed by atoms with van der Waals surface area (Å²) in [6, 6.07) is 13.1. The van der Waals surface area contributed by atoms with Crippen LogP contribution in [0.5, 0.6) is 5.75 Å². The molecule has 0 aliphatic rings. The van der Waals surface area contributed by atoms with E-state index in [1.54, 1.807) is 17.9 Å². The predicted molar refractivity (Wildman–Crippen MR) is 125 cm³/mol. The lowest BCUT2D eigenvalue weighted by molar-refractivity contribution is -0.115. The molecule has 164 valence electrons. The molecule has 1 heterocycles. The molecule has 6 nitrogen and oxygen atoms in total. The quantitative estimate of drug-likeness (QED) is 0.455. The van der Waals surface area contributed by atoms with E-state index in [9.17, 15) is 9.59 Å². The zero-order chi connectivity index (χ0) is 22.5. The van der Waals surface area contributed by atoms with E-state index >= 15 is 0 Å². The summed E-state index contributed by atoms with van der Waals surface area (Å²) in [5.74, 6) is -0.0981. The average Bonchev–Trinajstić information content (AvgIpc) is 3.15. The highest BCUT2D eigenvalue weighted by Gasteiger charge is 2.20. The summed E-state index contributed by atoms with van der Waals surface area (Å²) in [6.07, 6.45) is 1.45. The third-order valence-electron chi connectivity index (χ3n) is 5.01. The molecule has 31 heavy (non-hydrogen) atoms. The van der Waals surface area contributed by atoms with Crippen LogP contribution in [0.1, 0.15) is 26.3 Å². The number of fused-ring (bicyclic) bond motifs is 1. The minimum atomic E-state index is -0.738. The minimum Gasteiger partial charge on any atom is -0.408 e. The van der Waals surface area contributed by atoms with Gasteiger partial charge in [-0.05, 0) is 56.7 Å². The zero-order valence-corrected chi connectivity index (χ0v) is 19.2. The summed E-state index contributed by atoms with van der Waals surface area (Å²) in [6.45, 7) is 7.01. The maximum absolute atomic E-state index is 12.5. The first kappa shape index (κ1) is 23.0. The number of carbonyl (C=O) groups is 2. The maximum atomic E-state index is 12.5. The maximum Gasteiger partial charge on any atom is 0.415 e. The van der Waals surface area contributed by atoms with Gasteiger partial charge in [-0.1, -0.05) is 23.7 Å². The van der Waals surface area contributed by atoms with Gasteiger partial charge in [-0.25, -0.2) is 4.79 Å². The molecule has 0 aliphatic carbocycles. The highest BCUT2D eigenvalue weighted by molar-refractivity contribution is 6.32. The third kappa shape index (κ3) is 5.32. The van der Waals surface area contributed by atoms with Gasteiger partial charge in [0.15, 0.2) is 5.75 Å². The van der Waals surface area contributed by atoms with Crippen molar-refractivity contribution in [3.63, 3.8) is 0 Å². The van der Waals surface area contributed by atoms with Crippen molar-refractivity contribution in [3.05, 3.63) is 59.2 Å². The number of rotatable bonds is 7. The van der Waals surface area contributed by atoms with Crippen LogP contribution < -0.4 is 10.1 Å². The molecule has 3 aromatic rings. The van der Waals surface area contributed by atoms with Crippen LogP contribution in [0.25, 0.3) is 10.9 Å². The second kappa shape index (κ2) is 10.1. The van der Waals surface area contributed by atoms with E-state index in [0.29, 0.717) is 30.3 Å². The van der Waals surface area contributed by atoms with Crippen molar-refractivity contribution in [1.29, 1.82) is 0 Å². The lowest BCUT2D eigenvalue weighted by Crippen LogP contribution is -2.33. The van der Waals surface area contributed by atoms with Crippen LogP contribution >= 0.6 is 23.2 Å². The van der Waals surface area contributed by atoms with Crippen molar-refractivity contribution < 1.29 is 14.3 Å². The number of anilines is 1. The monoisotopic (exact) mass is 461 g/mol. The molecule has 1 aromatic heterocycles. The summed E-state index contributed by atoms with van der Waals surface area (Å²) in [7, 11) is 0. The molecule has 1 N–H and O–H groups in total. The van der Waals surface area contributed by atoms with E-state index in [4.69, 9.17) is 27.9 Å². The van der Waals surface area contributed by atoms with Crippen LogP contribution in [0.2, 0.25) is 5.02 Å². The fraction of sp³-hybridized carbons (Fsp3) is 0.304. The number of halogens is 2. The molecule has 8 heteroatoms. The number of aromatic nitrogens is 1. The van der Waals surface area contributed by atoms with E-state index in [2.05, 4.69) is 5.32 Å². The van der Waals surface area contributed by atoms with Gasteiger partial charge in [-0.2, -0.15) is 0 Å². The lowest BCUT2D eigenvalue weighted by Gasteiger charge is -2.20. The van der Waals surface area contributed by atoms with Crippen molar-refractivity contribution in [2.45, 2.75) is 32.7 Å². The molecule has 3 rings (SSSR count). The summed E-state index contributed by atoms with van der Waals surface area (Å²) < 4.78 is 7.67. The third-order valence-corrected chi connectivity index (χ3v) is 5.46. The Morgan fingerprint density at radius 1 is 1.10 bits per heavy atom. The molecule has 0 bridgehead atoms. The van der Waals surface area contributed by atoms with Gasteiger partial charge in [0, 0.05) is 36.2 Å². The molecule has 0 fully saturated rings. The van der Waals surface area contributed by atoms with Crippen molar-refractivity contribution in [2.75, 3.05) is 18.4 Å². The fourth-order valence-corrected chi connectivity index (χ4v) is 3.43. The first-order chi connectivity index (χ1) is 14.8. The van der Waals surface area contributed by atoms with Gasteiger partial charge in [0.2, 0.25) is 5.91 Å². The number of hydrogen-bond acceptors (Lipinski definition) is 3. The molecular formula is C23H25Cl2N3O3. The van der Waals surface area contributed by atoms with Crippen LogP contribution in [0.4, 0.5) is 10.5 Å². The molecule has 2 amide bonds. The van der Waals surface area contributed by atoms with Crippen molar-refractivity contribution in [3.8, 4) is 5.75 Å². The normalized spacial score (nSPS) is 11.9. The Balaban J connectivity index is 2.00. The minimum absolute atomic E-state index is 0.277. The summed E-state index contributed by atoms with van der Waals surface area (Å²) >= 11 is 11.9. The molecule has 1 atom stereocenters. The number of nitrogens with zero attached hydrogens (tertiary/aromatic N) is 2. The van der Waals surface area contributed by atoms with E-state index in [1.807, 2.05) is 61.0 Å². The largest absolute Gasteiger partial charge is 0.415 e. The van der Waals surface area contributed by atoms with E-state index in [0.717, 1.165) is 16.5 Å². The van der Waals surface area contributed by atoms with Gasteiger partial charge in [-0.3, -0.25) is 4.79 Å². The fourth-order valence-electron chi connectivity index (χ4n) is 3.25. The summed E-state index contributed by atoms with van der Waals surface area (Å²) in [4.78, 5) is 26.4. The van der Waals surface area contributed by atoms with E-state index < -0.39 is 11.5 Å². The molecule has 1 unspecified atom stereocenters. The van der Waals surface area contributed by atoms with Crippen LogP contribution in [-0.2, 0) is 11.3 Å². The molecule has 0 saturated heterocycles. The van der Waals surface area contributed by atoms with E-state index in [1.165, 1.54) is 0 Å². The molecular weight excluding hydrogens is 437 g/mol. The number of benzene rings is 2. The predicted octanol–water partition coefficient (Wildman–Crippen LogP) is 5.75. The number of nitrogens with one attached hydrogen (secondary N) is 1. The Morgan fingerprint density at radius 2 is 1.77 bits per heavy atom. The highest BCUT2D eigenvalue weighted by atomic mass is 35.5.